The molecule has 8 heteroatoms. The molecule has 3 aromatic rings. The van der Waals surface area contributed by atoms with Crippen molar-refractivity contribution in [3.63, 3.8) is 0 Å². The molecule has 0 fully saturated rings. The molecule has 0 aliphatic rings. The predicted molar refractivity (Wildman–Crippen MR) is 138 cm³/mol. The first kappa shape index (κ1) is 26.0. The maximum atomic E-state index is 12.9. The first-order valence-electron chi connectivity index (χ1n) is 11.3. The van der Waals surface area contributed by atoms with Gasteiger partial charge in [0.2, 0.25) is 0 Å². The van der Waals surface area contributed by atoms with E-state index in [4.69, 9.17) is 15.9 Å². The van der Waals surface area contributed by atoms with E-state index in [1.54, 1.807) is 48.5 Å². The molecule has 1 atom stereocenters. The minimum atomic E-state index is -3.36. The topological polar surface area (TPSA) is 122 Å². The number of hydrogen-bond donors (Lipinski definition) is 3. The van der Waals surface area contributed by atoms with Crippen LogP contribution in [-0.4, -0.2) is 32.5 Å². The standard InChI is InChI=1S/C27H31N3O4S/c1-18(2)15-24(34-22-8-6-7-21(16-22)26(28)29)27(31)30-17-19-11-13-20(14-12-19)23-9-4-5-10-25(23)35(3,32)33/h4-14,16,18,24H,15,17H2,1-3H3,(H3,28,29)(H,30,31). The van der Waals surface area contributed by atoms with E-state index in [0.717, 1.165) is 11.1 Å². The lowest BCUT2D eigenvalue weighted by Crippen LogP contribution is -2.39. The minimum absolute atomic E-state index is 0.0667. The Labute approximate surface area is 206 Å². The Hall–Kier alpha value is -3.65. The Bertz CT molecular complexity index is 1300. The minimum Gasteiger partial charge on any atom is -0.481 e. The number of nitrogens with two attached hydrogens (primary N) is 1. The predicted octanol–water partition coefficient (Wildman–Crippen LogP) is 4.15. The molecule has 0 saturated heterocycles. The number of nitrogens with one attached hydrogen (secondary N) is 2. The van der Waals surface area contributed by atoms with Gasteiger partial charge in [0, 0.05) is 23.9 Å². The summed E-state index contributed by atoms with van der Waals surface area (Å²) in [4.78, 5) is 13.2. The summed E-state index contributed by atoms with van der Waals surface area (Å²) in [5.41, 5.74) is 8.40. The molecule has 3 rings (SSSR count). The maximum Gasteiger partial charge on any atom is 0.261 e. The summed E-state index contributed by atoms with van der Waals surface area (Å²) in [6, 6.07) is 21.1. The molecule has 0 radical (unpaired) electrons. The zero-order valence-electron chi connectivity index (χ0n) is 20.1. The number of hydrogen-bond acceptors (Lipinski definition) is 5. The first-order chi connectivity index (χ1) is 16.5. The fraction of sp³-hybridized carbons (Fsp3) is 0.259. The van der Waals surface area contributed by atoms with Crippen LogP contribution in [-0.2, 0) is 21.2 Å². The molecule has 0 spiro atoms. The summed E-state index contributed by atoms with van der Waals surface area (Å²) in [6.45, 7) is 4.34. The lowest BCUT2D eigenvalue weighted by Gasteiger charge is -2.21. The van der Waals surface area contributed by atoms with Crippen molar-refractivity contribution >= 4 is 21.6 Å². The van der Waals surface area contributed by atoms with Crippen LogP contribution in [0.2, 0.25) is 0 Å². The molecule has 1 unspecified atom stereocenters. The van der Waals surface area contributed by atoms with E-state index in [0.29, 0.717) is 29.8 Å². The van der Waals surface area contributed by atoms with Gasteiger partial charge in [0.05, 0.1) is 4.90 Å². The summed E-state index contributed by atoms with van der Waals surface area (Å²) in [7, 11) is -3.36. The zero-order chi connectivity index (χ0) is 25.6. The highest BCUT2D eigenvalue weighted by atomic mass is 32.2. The monoisotopic (exact) mass is 493 g/mol. The number of benzene rings is 3. The van der Waals surface area contributed by atoms with Crippen molar-refractivity contribution < 1.29 is 17.9 Å². The molecule has 35 heavy (non-hydrogen) atoms. The molecule has 0 aromatic heterocycles. The van der Waals surface area contributed by atoms with Crippen molar-refractivity contribution in [3.8, 4) is 16.9 Å². The van der Waals surface area contributed by atoms with Gasteiger partial charge in [0.25, 0.3) is 5.91 Å². The van der Waals surface area contributed by atoms with Gasteiger partial charge in [-0.25, -0.2) is 8.42 Å². The molecule has 0 aliphatic heterocycles. The van der Waals surface area contributed by atoms with Crippen molar-refractivity contribution in [2.75, 3.05) is 6.26 Å². The van der Waals surface area contributed by atoms with Crippen LogP contribution < -0.4 is 15.8 Å². The number of ether oxygens (including phenoxy) is 1. The maximum absolute atomic E-state index is 12.9. The van der Waals surface area contributed by atoms with Crippen molar-refractivity contribution in [2.45, 2.75) is 37.8 Å². The summed E-state index contributed by atoms with van der Waals surface area (Å²) in [5.74, 6) is 0.407. The molecule has 0 bridgehead atoms. The summed E-state index contributed by atoms with van der Waals surface area (Å²) in [5, 5.41) is 10.5. The Morgan fingerprint density at radius 2 is 1.71 bits per heavy atom. The smallest absolute Gasteiger partial charge is 0.261 e. The van der Waals surface area contributed by atoms with Gasteiger partial charge in [0.15, 0.2) is 15.9 Å². The molecule has 4 N–H and O–H groups in total. The normalized spacial score (nSPS) is 12.2. The van der Waals surface area contributed by atoms with E-state index in [1.807, 2.05) is 38.1 Å². The number of rotatable bonds is 10. The van der Waals surface area contributed by atoms with Gasteiger partial charge in [-0.05, 0) is 41.7 Å². The molecule has 0 aliphatic carbocycles. The van der Waals surface area contributed by atoms with E-state index in [2.05, 4.69) is 5.32 Å². The number of amidine groups is 1. The highest BCUT2D eigenvalue weighted by Crippen LogP contribution is 2.27. The molecule has 184 valence electrons. The Balaban J connectivity index is 1.70. The fourth-order valence-corrected chi connectivity index (χ4v) is 4.58. The van der Waals surface area contributed by atoms with E-state index in [1.165, 1.54) is 6.26 Å². The van der Waals surface area contributed by atoms with Crippen molar-refractivity contribution in [1.29, 1.82) is 5.41 Å². The molecule has 1 amide bonds. The molecule has 0 saturated carbocycles. The second-order valence-corrected chi connectivity index (χ2v) is 10.8. The Morgan fingerprint density at radius 3 is 2.34 bits per heavy atom. The highest BCUT2D eigenvalue weighted by molar-refractivity contribution is 7.90. The number of sulfone groups is 1. The lowest BCUT2D eigenvalue weighted by atomic mass is 10.0. The van der Waals surface area contributed by atoms with Crippen LogP contribution in [0.4, 0.5) is 0 Å². The van der Waals surface area contributed by atoms with Crippen molar-refractivity contribution in [2.24, 2.45) is 11.7 Å². The number of carbonyl (C=O) groups excluding carboxylic acids is 1. The van der Waals surface area contributed by atoms with Crippen LogP contribution in [0.25, 0.3) is 11.1 Å². The van der Waals surface area contributed by atoms with Gasteiger partial charge < -0.3 is 15.8 Å². The van der Waals surface area contributed by atoms with Crippen molar-refractivity contribution in [3.05, 3.63) is 83.9 Å². The van der Waals surface area contributed by atoms with Crippen LogP contribution in [0.3, 0.4) is 0 Å². The van der Waals surface area contributed by atoms with Crippen LogP contribution >= 0.6 is 0 Å². The van der Waals surface area contributed by atoms with Gasteiger partial charge in [-0.3, -0.25) is 10.2 Å². The van der Waals surface area contributed by atoms with E-state index in [-0.39, 0.29) is 22.6 Å². The average Bonchev–Trinajstić information content (AvgIpc) is 2.82. The van der Waals surface area contributed by atoms with Gasteiger partial charge in [0.1, 0.15) is 11.6 Å². The zero-order valence-corrected chi connectivity index (χ0v) is 20.9. The second kappa shape index (κ2) is 11.2. The molecule has 0 heterocycles. The number of nitrogen functional groups attached to an aromatic ring is 1. The van der Waals surface area contributed by atoms with Gasteiger partial charge in [-0.1, -0.05) is 68.4 Å². The summed E-state index contributed by atoms with van der Waals surface area (Å²) < 4.78 is 30.2. The van der Waals surface area contributed by atoms with Gasteiger partial charge in [-0.2, -0.15) is 0 Å². The number of carbonyl (C=O) groups is 1. The quantitative estimate of drug-likeness (QED) is 0.289. The van der Waals surface area contributed by atoms with Crippen LogP contribution in [0.5, 0.6) is 5.75 Å². The lowest BCUT2D eigenvalue weighted by molar-refractivity contribution is -0.128. The molecule has 7 nitrogen and oxygen atoms in total. The van der Waals surface area contributed by atoms with E-state index >= 15 is 0 Å². The van der Waals surface area contributed by atoms with E-state index in [9.17, 15) is 13.2 Å². The van der Waals surface area contributed by atoms with Crippen LogP contribution in [0.15, 0.2) is 77.7 Å². The third-order valence-corrected chi connectivity index (χ3v) is 6.57. The fourth-order valence-electron chi connectivity index (χ4n) is 3.67. The Kier molecular flexibility index (Phi) is 8.30. The summed E-state index contributed by atoms with van der Waals surface area (Å²) in [6.07, 6.45) is 1.03. The van der Waals surface area contributed by atoms with E-state index < -0.39 is 15.9 Å². The first-order valence-corrected chi connectivity index (χ1v) is 13.2. The summed E-state index contributed by atoms with van der Waals surface area (Å²) >= 11 is 0. The second-order valence-electron chi connectivity index (χ2n) is 8.86. The van der Waals surface area contributed by atoms with Gasteiger partial charge in [-0.15, -0.1) is 0 Å². The SMILES string of the molecule is CC(C)CC(Oc1cccc(C(=N)N)c1)C(=O)NCc1ccc(-c2ccccc2S(C)(=O)=O)cc1. The molecular formula is C27H31N3O4S. The molecule has 3 aromatic carbocycles. The van der Waals surface area contributed by atoms with Crippen molar-refractivity contribution in [1.82, 2.24) is 5.32 Å². The molecular weight excluding hydrogens is 462 g/mol. The third kappa shape index (κ3) is 7.16. The largest absolute Gasteiger partial charge is 0.481 e. The van der Waals surface area contributed by atoms with Crippen LogP contribution in [0, 0.1) is 11.3 Å². The average molecular weight is 494 g/mol. The van der Waals surface area contributed by atoms with Crippen LogP contribution in [0.1, 0.15) is 31.4 Å². The highest BCUT2D eigenvalue weighted by Gasteiger charge is 2.22. The number of amides is 1. The Morgan fingerprint density at radius 1 is 1.03 bits per heavy atom. The van der Waals surface area contributed by atoms with Gasteiger partial charge >= 0.3 is 0 Å². The third-order valence-electron chi connectivity index (χ3n) is 5.42.